The minimum Gasteiger partial charge on any atom is -0.396 e. The molecule has 0 saturated heterocycles. The van der Waals surface area contributed by atoms with Gasteiger partial charge in [-0.1, -0.05) is 51.0 Å². The van der Waals surface area contributed by atoms with Gasteiger partial charge in [0.25, 0.3) is 0 Å². The molecule has 35 heavy (non-hydrogen) atoms. The molecule has 0 amide bonds. The van der Waals surface area contributed by atoms with Crippen LogP contribution >= 0.6 is 0 Å². The Labute approximate surface area is 213 Å². The van der Waals surface area contributed by atoms with Crippen LogP contribution in [0.15, 0.2) is 35.5 Å². The summed E-state index contributed by atoms with van der Waals surface area (Å²) < 4.78 is 5.63. The fourth-order valence-corrected chi connectivity index (χ4v) is 7.21. The maximum absolute atomic E-state index is 10.7. The summed E-state index contributed by atoms with van der Waals surface area (Å²) in [6.07, 6.45) is 12.1. The molecule has 0 aromatic rings. The highest BCUT2D eigenvalue weighted by Gasteiger charge is 2.50. The van der Waals surface area contributed by atoms with Gasteiger partial charge in [-0.25, -0.2) is 0 Å². The van der Waals surface area contributed by atoms with E-state index in [1.165, 1.54) is 37.7 Å². The van der Waals surface area contributed by atoms with Gasteiger partial charge < -0.3 is 25.2 Å². The molecule has 0 bridgehead atoms. The first-order valence-corrected chi connectivity index (χ1v) is 13.9. The average molecular weight is 491 g/mol. The third-order valence-electron chi connectivity index (χ3n) is 9.17. The molecule has 0 spiro atoms. The number of allylic oxidation sites excluding steroid dienone is 3. The molecule has 200 valence electrons. The van der Waals surface area contributed by atoms with Crippen molar-refractivity contribution in [3.05, 3.63) is 35.5 Å². The Kier molecular flexibility index (Phi) is 9.84. The number of aliphatic hydroxyl groups excluding tert-OH is 3. The quantitative estimate of drug-likeness (QED) is 0.321. The molecule has 0 unspecified atom stereocenters. The molecule has 0 aliphatic heterocycles. The standard InChI is InChI=1S/C30H50O5/c1-20(9-6-15-29(3,4)34)24-13-14-25-22(10-7-16-30(24,25)5)11-12-23-19-26(32)28(27(33)21(23)2)35-18-8-17-31/h11-12,20,24-28,31-34H,2,6-10,13-19H2,1,3-5H3/b22-11+,23-12-/t20-,24-,25-,26+,27+,28-,30+/m1/s1. The van der Waals surface area contributed by atoms with E-state index in [2.05, 4.69) is 32.6 Å². The van der Waals surface area contributed by atoms with Crippen LogP contribution < -0.4 is 0 Å². The Morgan fingerprint density at radius 2 is 1.94 bits per heavy atom. The molecule has 7 atom stereocenters. The van der Waals surface area contributed by atoms with E-state index in [1.807, 2.05) is 13.8 Å². The highest BCUT2D eigenvalue weighted by atomic mass is 16.5. The lowest BCUT2D eigenvalue weighted by Crippen LogP contribution is -2.45. The number of hydrogen-bond acceptors (Lipinski definition) is 5. The topological polar surface area (TPSA) is 90.2 Å². The molecule has 3 aliphatic rings. The van der Waals surface area contributed by atoms with E-state index >= 15 is 0 Å². The minimum atomic E-state index is -0.931. The lowest BCUT2D eigenvalue weighted by atomic mass is 9.60. The zero-order chi connectivity index (χ0) is 25.8. The van der Waals surface area contributed by atoms with Crippen LogP contribution in [0.1, 0.15) is 91.9 Å². The number of aliphatic hydroxyl groups is 4. The summed E-state index contributed by atoms with van der Waals surface area (Å²) in [6.45, 7) is 13.2. The van der Waals surface area contributed by atoms with Crippen LogP contribution in [-0.2, 0) is 4.74 Å². The Morgan fingerprint density at radius 3 is 2.63 bits per heavy atom. The first-order chi connectivity index (χ1) is 16.5. The third kappa shape index (κ3) is 6.87. The fraction of sp³-hybridized carbons (Fsp3) is 0.800. The maximum atomic E-state index is 10.7. The average Bonchev–Trinajstić information content (AvgIpc) is 3.14. The van der Waals surface area contributed by atoms with E-state index < -0.39 is 23.9 Å². The molecular formula is C30H50O5. The van der Waals surface area contributed by atoms with Gasteiger partial charge in [0.1, 0.15) is 12.2 Å². The molecule has 3 rings (SSSR count). The summed E-state index contributed by atoms with van der Waals surface area (Å²) in [5.74, 6) is 1.98. The molecule has 3 saturated carbocycles. The third-order valence-corrected chi connectivity index (χ3v) is 9.17. The van der Waals surface area contributed by atoms with Crippen molar-refractivity contribution in [2.24, 2.45) is 23.2 Å². The van der Waals surface area contributed by atoms with Crippen molar-refractivity contribution in [2.45, 2.75) is 116 Å². The zero-order valence-electron chi connectivity index (χ0n) is 22.5. The van der Waals surface area contributed by atoms with E-state index in [0.29, 0.717) is 42.3 Å². The number of hydrogen-bond donors (Lipinski definition) is 4. The van der Waals surface area contributed by atoms with Gasteiger partial charge in [0, 0.05) is 19.6 Å². The lowest BCUT2D eigenvalue weighted by molar-refractivity contribution is -0.0968. The molecule has 0 radical (unpaired) electrons. The Bertz CT molecular complexity index is 778. The van der Waals surface area contributed by atoms with Crippen molar-refractivity contribution in [1.29, 1.82) is 0 Å². The largest absolute Gasteiger partial charge is 0.396 e. The van der Waals surface area contributed by atoms with Gasteiger partial charge in [0.2, 0.25) is 0 Å². The van der Waals surface area contributed by atoms with Gasteiger partial charge >= 0.3 is 0 Å². The molecule has 0 heterocycles. The van der Waals surface area contributed by atoms with Crippen molar-refractivity contribution in [1.82, 2.24) is 0 Å². The van der Waals surface area contributed by atoms with Gasteiger partial charge in [0.15, 0.2) is 0 Å². The van der Waals surface area contributed by atoms with Gasteiger partial charge in [-0.15, -0.1) is 0 Å². The zero-order valence-corrected chi connectivity index (χ0v) is 22.5. The van der Waals surface area contributed by atoms with Crippen molar-refractivity contribution in [3.63, 3.8) is 0 Å². The van der Waals surface area contributed by atoms with Gasteiger partial charge in [-0.3, -0.25) is 0 Å². The van der Waals surface area contributed by atoms with Crippen molar-refractivity contribution < 1.29 is 25.2 Å². The monoisotopic (exact) mass is 490 g/mol. The number of rotatable bonds is 10. The molecule has 3 fully saturated rings. The molecule has 0 aromatic carbocycles. The summed E-state index contributed by atoms with van der Waals surface area (Å²) in [5.41, 5.74) is 2.79. The van der Waals surface area contributed by atoms with Crippen LogP contribution in [-0.4, -0.2) is 57.6 Å². The Hall–Kier alpha value is -0.980. The van der Waals surface area contributed by atoms with Gasteiger partial charge in [0.05, 0.1) is 11.7 Å². The smallest absolute Gasteiger partial charge is 0.114 e. The highest BCUT2D eigenvalue weighted by molar-refractivity contribution is 5.40. The second-order valence-corrected chi connectivity index (χ2v) is 12.4. The predicted octanol–water partition coefficient (Wildman–Crippen LogP) is 5.08. The molecule has 4 N–H and O–H groups in total. The molecule has 0 aromatic heterocycles. The van der Waals surface area contributed by atoms with Gasteiger partial charge in [-0.05, 0) is 93.1 Å². The molecular weight excluding hydrogens is 440 g/mol. The normalized spacial score (nSPS) is 37.1. The highest BCUT2D eigenvalue weighted by Crippen LogP contribution is 2.60. The summed E-state index contributed by atoms with van der Waals surface area (Å²) >= 11 is 0. The molecule has 5 nitrogen and oxygen atoms in total. The van der Waals surface area contributed by atoms with Crippen LogP contribution in [0.2, 0.25) is 0 Å². The first-order valence-electron chi connectivity index (χ1n) is 13.9. The number of fused-ring (bicyclic) bond motifs is 1. The van der Waals surface area contributed by atoms with Crippen molar-refractivity contribution >= 4 is 0 Å². The SMILES string of the molecule is C=C1/C(=C\C=C2/CCC[C@]3(C)[C@@H]2CC[C@@H]3[C@H](C)CCCC(C)(C)O)C[C@H](O)[C@@H](OCCCO)[C@H]1O. The minimum absolute atomic E-state index is 0.0269. The van der Waals surface area contributed by atoms with E-state index in [1.54, 1.807) is 0 Å². The second kappa shape index (κ2) is 12.0. The van der Waals surface area contributed by atoms with E-state index in [4.69, 9.17) is 9.84 Å². The summed E-state index contributed by atoms with van der Waals surface area (Å²) in [7, 11) is 0. The molecule has 3 aliphatic carbocycles. The van der Waals surface area contributed by atoms with Crippen molar-refractivity contribution in [2.75, 3.05) is 13.2 Å². The molecule has 5 heteroatoms. The first kappa shape index (κ1) is 28.6. The summed E-state index contributed by atoms with van der Waals surface area (Å²) in [6, 6.07) is 0. The van der Waals surface area contributed by atoms with Crippen molar-refractivity contribution in [3.8, 4) is 0 Å². The van der Waals surface area contributed by atoms with Crippen LogP contribution in [0.5, 0.6) is 0 Å². The maximum Gasteiger partial charge on any atom is 0.114 e. The van der Waals surface area contributed by atoms with Crippen LogP contribution in [0.25, 0.3) is 0 Å². The lowest BCUT2D eigenvalue weighted by Gasteiger charge is -2.44. The van der Waals surface area contributed by atoms with Crippen LogP contribution in [0.4, 0.5) is 0 Å². The Morgan fingerprint density at radius 1 is 1.20 bits per heavy atom. The van der Waals surface area contributed by atoms with E-state index in [9.17, 15) is 15.3 Å². The summed E-state index contributed by atoms with van der Waals surface area (Å²) in [4.78, 5) is 0. The fourth-order valence-electron chi connectivity index (χ4n) is 7.21. The second-order valence-electron chi connectivity index (χ2n) is 12.4. The van der Waals surface area contributed by atoms with Gasteiger partial charge in [-0.2, -0.15) is 0 Å². The van der Waals surface area contributed by atoms with E-state index in [-0.39, 0.29) is 6.61 Å². The predicted molar refractivity (Wildman–Crippen MR) is 141 cm³/mol. The van der Waals surface area contributed by atoms with Crippen LogP contribution in [0.3, 0.4) is 0 Å². The van der Waals surface area contributed by atoms with Crippen LogP contribution in [0, 0.1) is 23.2 Å². The summed E-state index contributed by atoms with van der Waals surface area (Å²) in [5, 5.41) is 40.4. The number of ether oxygens (including phenoxy) is 1. The van der Waals surface area contributed by atoms with E-state index in [0.717, 1.165) is 30.8 Å². The Balaban J connectivity index is 1.67.